The predicted molar refractivity (Wildman–Crippen MR) is 151 cm³/mol. The number of anilines is 1. The number of carbonyl (C=O) groups excluding carboxylic acids is 2. The summed E-state index contributed by atoms with van der Waals surface area (Å²) in [4.78, 5) is 31.8. The molecule has 7 nitrogen and oxygen atoms in total. The van der Waals surface area contributed by atoms with Crippen LogP contribution in [0, 0.1) is 5.41 Å². The monoisotopic (exact) mass is 526 g/mol. The third-order valence-electron chi connectivity index (χ3n) is 6.22. The molecule has 1 aliphatic heterocycles. The molecule has 0 aromatic heterocycles. The van der Waals surface area contributed by atoms with Crippen molar-refractivity contribution in [3.63, 3.8) is 0 Å². The van der Waals surface area contributed by atoms with Gasteiger partial charge in [-0.15, -0.1) is 0 Å². The normalized spacial score (nSPS) is 14.6. The molecular formula is C29H39ClN4O3. The van der Waals surface area contributed by atoms with Crippen molar-refractivity contribution >= 4 is 35.3 Å². The van der Waals surface area contributed by atoms with Gasteiger partial charge in [0.05, 0.1) is 7.11 Å². The molecule has 37 heavy (non-hydrogen) atoms. The second-order valence-corrected chi connectivity index (χ2v) is 10.9. The number of nitrogens with zero attached hydrogens (tertiary/aromatic N) is 3. The van der Waals surface area contributed by atoms with Gasteiger partial charge < -0.3 is 19.9 Å². The lowest BCUT2D eigenvalue weighted by Crippen LogP contribution is -2.51. The predicted octanol–water partition coefficient (Wildman–Crippen LogP) is 5.48. The Hall–Kier alpha value is -3.03. The van der Waals surface area contributed by atoms with Gasteiger partial charge in [0, 0.05) is 68.5 Å². The summed E-state index contributed by atoms with van der Waals surface area (Å²) in [6, 6.07) is 14.9. The number of halogens is 1. The number of para-hydroxylation sites is 1. The number of methoxy groups -OCH3 is 1. The molecule has 0 saturated carbocycles. The van der Waals surface area contributed by atoms with Gasteiger partial charge in [0.25, 0.3) is 0 Å². The van der Waals surface area contributed by atoms with Gasteiger partial charge in [-0.25, -0.2) is 4.79 Å². The van der Waals surface area contributed by atoms with Crippen molar-refractivity contribution in [1.82, 2.24) is 14.7 Å². The summed E-state index contributed by atoms with van der Waals surface area (Å²) in [7, 11) is 1.66. The zero-order chi connectivity index (χ0) is 26.8. The number of piperazine rings is 1. The maximum Gasteiger partial charge on any atom is 0.321 e. The van der Waals surface area contributed by atoms with Gasteiger partial charge in [-0.05, 0) is 29.7 Å². The summed E-state index contributed by atoms with van der Waals surface area (Å²) in [5.41, 5.74) is 1.60. The van der Waals surface area contributed by atoms with E-state index in [1.54, 1.807) is 19.2 Å². The minimum absolute atomic E-state index is 0.0797. The first kappa shape index (κ1) is 28.5. The molecule has 0 atom stereocenters. The highest BCUT2D eigenvalue weighted by atomic mass is 35.5. The Morgan fingerprint density at radius 1 is 1.08 bits per heavy atom. The molecule has 0 bridgehead atoms. The average Bonchev–Trinajstić information content (AvgIpc) is 2.85. The summed E-state index contributed by atoms with van der Waals surface area (Å²) < 4.78 is 5.43. The highest BCUT2D eigenvalue weighted by Gasteiger charge is 2.24. The molecule has 200 valence electrons. The first-order valence-corrected chi connectivity index (χ1v) is 13.1. The van der Waals surface area contributed by atoms with Crippen LogP contribution in [0.15, 0.2) is 54.6 Å². The number of hydrogen-bond acceptors (Lipinski definition) is 4. The molecule has 1 N–H and O–H groups in total. The molecule has 0 unspecified atom stereocenters. The van der Waals surface area contributed by atoms with E-state index in [-0.39, 0.29) is 17.4 Å². The van der Waals surface area contributed by atoms with Crippen LogP contribution in [-0.2, 0) is 4.79 Å². The third-order valence-corrected chi connectivity index (χ3v) is 6.45. The van der Waals surface area contributed by atoms with E-state index in [0.29, 0.717) is 43.3 Å². The van der Waals surface area contributed by atoms with E-state index in [9.17, 15) is 9.59 Å². The minimum atomic E-state index is -0.120. The lowest BCUT2D eigenvalue weighted by atomic mass is 9.91. The van der Waals surface area contributed by atoms with Crippen molar-refractivity contribution in [1.29, 1.82) is 0 Å². The summed E-state index contributed by atoms with van der Waals surface area (Å²) in [5, 5.41) is 3.50. The fourth-order valence-electron chi connectivity index (χ4n) is 4.20. The quantitative estimate of drug-likeness (QED) is 0.470. The molecular weight excluding hydrogens is 488 g/mol. The minimum Gasteiger partial charge on any atom is -0.496 e. The number of amides is 3. The second kappa shape index (κ2) is 13.5. The smallest absolute Gasteiger partial charge is 0.321 e. The molecule has 2 aromatic carbocycles. The Labute approximate surface area is 226 Å². The first-order chi connectivity index (χ1) is 17.6. The van der Waals surface area contributed by atoms with E-state index in [1.165, 1.54) is 0 Å². The molecule has 0 radical (unpaired) electrons. The van der Waals surface area contributed by atoms with Crippen molar-refractivity contribution in [2.24, 2.45) is 5.41 Å². The Bertz CT molecular complexity index is 1070. The summed E-state index contributed by atoms with van der Waals surface area (Å²) in [5.74, 6) is 0.959. The van der Waals surface area contributed by atoms with Crippen LogP contribution in [0.2, 0.25) is 5.02 Å². The standard InChI is InChI=1S/C29H39ClN4O3/c1-29(2,3)22-27(35)33(14-8-10-23-9-5-6-13-26(23)37-4)18-15-32-16-19-34(20-17-32)28(36)31-25-12-7-11-24(30)21-25/h5-13,21H,14-20,22H2,1-4H3,(H,31,36)/b10-8+. The second-order valence-electron chi connectivity index (χ2n) is 10.5. The molecule has 0 spiro atoms. The zero-order valence-electron chi connectivity index (χ0n) is 22.4. The van der Waals surface area contributed by atoms with Crippen LogP contribution in [-0.4, -0.2) is 79.6 Å². The molecule has 1 heterocycles. The van der Waals surface area contributed by atoms with Gasteiger partial charge in [-0.2, -0.15) is 0 Å². The number of hydrogen-bond donors (Lipinski definition) is 1. The highest BCUT2D eigenvalue weighted by molar-refractivity contribution is 6.30. The topological polar surface area (TPSA) is 65.1 Å². The van der Waals surface area contributed by atoms with E-state index >= 15 is 0 Å². The summed E-state index contributed by atoms with van der Waals surface area (Å²) >= 11 is 6.02. The molecule has 2 aromatic rings. The van der Waals surface area contributed by atoms with Crippen molar-refractivity contribution in [3.8, 4) is 5.75 Å². The van der Waals surface area contributed by atoms with E-state index in [2.05, 4.69) is 31.0 Å². The Morgan fingerprint density at radius 2 is 1.81 bits per heavy atom. The number of ether oxygens (including phenoxy) is 1. The van der Waals surface area contributed by atoms with Gasteiger partial charge in [-0.1, -0.05) is 68.8 Å². The first-order valence-electron chi connectivity index (χ1n) is 12.8. The lowest BCUT2D eigenvalue weighted by Gasteiger charge is -2.36. The van der Waals surface area contributed by atoms with Crippen LogP contribution < -0.4 is 10.1 Å². The summed E-state index contributed by atoms with van der Waals surface area (Å²) in [6.45, 7) is 11.0. The average molecular weight is 527 g/mol. The number of benzene rings is 2. The molecule has 3 amide bonds. The Kier molecular flexibility index (Phi) is 10.4. The van der Waals surface area contributed by atoms with Gasteiger partial charge in [0.15, 0.2) is 0 Å². The highest BCUT2D eigenvalue weighted by Crippen LogP contribution is 2.21. The zero-order valence-corrected chi connectivity index (χ0v) is 23.1. The summed E-state index contributed by atoms with van der Waals surface area (Å²) in [6.07, 6.45) is 4.52. The van der Waals surface area contributed by atoms with Crippen molar-refractivity contribution in [2.75, 3.05) is 58.2 Å². The molecule has 3 rings (SSSR count). The maximum atomic E-state index is 13.1. The third kappa shape index (κ3) is 9.41. The fraction of sp³-hybridized carbons (Fsp3) is 0.448. The molecule has 8 heteroatoms. The SMILES string of the molecule is COc1ccccc1/C=C/CN(CCN1CCN(C(=O)Nc2cccc(Cl)c2)CC1)C(=O)CC(C)(C)C. The van der Waals surface area contributed by atoms with E-state index in [4.69, 9.17) is 16.3 Å². The van der Waals surface area contributed by atoms with Crippen LogP contribution in [0.5, 0.6) is 5.75 Å². The van der Waals surface area contributed by atoms with E-state index in [0.717, 1.165) is 30.9 Å². The Balaban J connectivity index is 1.53. The molecule has 1 fully saturated rings. The van der Waals surface area contributed by atoms with E-state index < -0.39 is 0 Å². The van der Waals surface area contributed by atoms with Gasteiger partial charge in [-0.3, -0.25) is 9.69 Å². The van der Waals surface area contributed by atoms with Crippen LogP contribution >= 0.6 is 11.6 Å². The van der Waals surface area contributed by atoms with Crippen LogP contribution in [0.1, 0.15) is 32.8 Å². The lowest BCUT2D eigenvalue weighted by molar-refractivity contribution is -0.132. The molecule has 0 aliphatic carbocycles. The van der Waals surface area contributed by atoms with Crippen molar-refractivity contribution < 1.29 is 14.3 Å². The Morgan fingerprint density at radius 3 is 2.49 bits per heavy atom. The largest absolute Gasteiger partial charge is 0.496 e. The molecule has 1 aliphatic rings. The van der Waals surface area contributed by atoms with Crippen molar-refractivity contribution in [2.45, 2.75) is 27.2 Å². The number of urea groups is 1. The molecule has 1 saturated heterocycles. The number of nitrogens with one attached hydrogen (secondary N) is 1. The fourth-order valence-corrected chi connectivity index (χ4v) is 4.39. The van der Waals surface area contributed by atoms with E-state index in [1.807, 2.05) is 58.4 Å². The van der Waals surface area contributed by atoms with Crippen molar-refractivity contribution in [3.05, 3.63) is 65.2 Å². The van der Waals surface area contributed by atoms with Crippen LogP contribution in [0.3, 0.4) is 0 Å². The van der Waals surface area contributed by atoms with Gasteiger partial charge in [0.2, 0.25) is 5.91 Å². The maximum absolute atomic E-state index is 13.1. The number of rotatable bonds is 9. The number of carbonyl (C=O) groups is 2. The van der Waals surface area contributed by atoms with Crippen LogP contribution in [0.25, 0.3) is 6.08 Å². The van der Waals surface area contributed by atoms with Crippen LogP contribution in [0.4, 0.5) is 10.5 Å². The van der Waals surface area contributed by atoms with Gasteiger partial charge in [0.1, 0.15) is 5.75 Å². The van der Waals surface area contributed by atoms with Gasteiger partial charge >= 0.3 is 6.03 Å².